The van der Waals surface area contributed by atoms with Crippen LogP contribution in [0.3, 0.4) is 0 Å². The summed E-state index contributed by atoms with van der Waals surface area (Å²) >= 11 is 0. The number of hydrogen-bond donors (Lipinski definition) is 4. The van der Waals surface area contributed by atoms with E-state index in [4.69, 9.17) is 0 Å². The summed E-state index contributed by atoms with van der Waals surface area (Å²) in [6, 6.07) is -0.816. The fourth-order valence-electron chi connectivity index (χ4n) is 7.20. The first-order chi connectivity index (χ1) is 26.6. The topological polar surface area (TPSA) is 89.8 Å². The molecule has 5 nitrogen and oxygen atoms in total. The van der Waals surface area contributed by atoms with Crippen molar-refractivity contribution < 1.29 is 20.1 Å². The molecule has 0 aromatic carbocycles. The summed E-state index contributed by atoms with van der Waals surface area (Å²) in [7, 11) is 0. The van der Waals surface area contributed by atoms with Crippen LogP contribution in [0.4, 0.5) is 0 Å². The number of rotatable bonds is 43. The molecule has 318 valence electrons. The van der Waals surface area contributed by atoms with Gasteiger partial charge < -0.3 is 20.6 Å². The van der Waals surface area contributed by atoms with Gasteiger partial charge in [-0.2, -0.15) is 0 Å². The second kappa shape index (κ2) is 44.3. The molecule has 0 aromatic rings. The van der Waals surface area contributed by atoms with E-state index in [1.165, 1.54) is 186 Å². The number of carbonyl (C=O) groups is 1. The van der Waals surface area contributed by atoms with E-state index in [9.17, 15) is 20.1 Å². The molecule has 54 heavy (non-hydrogen) atoms. The minimum absolute atomic E-state index is 0.377. The molecule has 0 heterocycles. The molecule has 0 bridgehead atoms. The maximum Gasteiger partial charge on any atom is 0.249 e. The maximum absolute atomic E-state index is 12.5. The second-order valence-electron chi connectivity index (χ2n) is 16.3. The Labute approximate surface area is 336 Å². The highest BCUT2D eigenvalue weighted by atomic mass is 16.3. The first kappa shape index (κ1) is 52.6. The average molecular weight is 760 g/mol. The van der Waals surface area contributed by atoms with Gasteiger partial charge in [0.2, 0.25) is 5.91 Å². The lowest BCUT2D eigenvalue weighted by molar-refractivity contribution is -0.131. The van der Waals surface area contributed by atoms with Gasteiger partial charge in [-0.15, -0.1) is 0 Å². The van der Waals surface area contributed by atoms with Crippen molar-refractivity contribution >= 4 is 5.91 Å². The van der Waals surface area contributed by atoms with Crippen LogP contribution in [0, 0.1) is 0 Å². The standard InChI is InChI=1S/C49H93NO4/c1-3-5-7-9-11-13-15-17-19-21-23-24-25-26-28-30-32-34-36-38-40-42-44-48(53)49(54)50-46(45-51)47(52)43-41-39-37-35-33-31-29-27-22-20-18-16-14-12-10-8-6-4-2/h26,28,33,35,41,43,46-48,51-53H,3-25,27,29-32,34,36-40,42,44-45H2,1-2H3,(H,50,54)/b28-26-,35-33+,43-41+. The molecule has 0 aliphatic heterocycles. The Kier molecular flexibility index (Phi) is 43.1. The van der Waals surface area contributed by atoms with E-state index >= 15 is 0 Å². The van der Waals surface area contributed by atoms with Crippen LogP contribution in [-0.4, -0.2) is 46.1 Å². The summed E-state index contributed by atoms with van der Waals surface area (Å²) in [5.74, 6) is -0.516. The smallest absolute Gasteiger partial charge is 0.249 e. The molecular formula is C49H93NO4. The van der Waals surface area contributed by atoms with Crippen molar-refractivity contribution in [3.05, 3.63) is 36.5 Å². The highest BCUT2D eigenvalue weighted by Gasteiger charge is 2.22. The molecule has 0 radical (unpaired) electrons. The summed E-state index contributed by atoms with van der Waals surface area (Å²) in [6.07, 6.45) is 56.2. The minimum atomic E-state index is -1.11. The Morgan fingerprint density at radius 2 is 0.759 bits per heavy atom. The van der Waals surface area contributed by atoms with Gasteiger partial charge in [0.05, 0.1) is 18.8 Å². The minimum Gasteiger partial charge on any atom is -0.394 e. The van der Waals surface area contributed by atoms with Crippen molar-refractivity contribution in [1.82, 2.24) is 5.32 Å². The summed E-state index contributed by atoms with van der Waals surface area (Å²) in [5, 5.41) is 33.2. The number of allylic oxidation sites excluding steroid dienone is 5. The first-order valence-electron chi connectivity index (χ1n) is 23.8. The van der Waals surface area contributed by atoms with E-state index in [1.54, 1.807) is 6.08 Å². The van der Waals surface area contributed by atoms with Crippen LogP contribution in [0.2, 0.25) is 0 Å². The molecule has 5 heteroatoms. The highest BCUT2D eigenvalue weighted by molar-refractivity contribution is 5.80. The van der Waals surface area contributed by atoms with E-state index in [0.717, 1.165) is 38.5 Å². The Morgan fingerprint density at radius 3 is 1.13 bits per heavy atom. The zero-order valence-electron chi connectivity index (χ0n) is 36.1. The number of aliphatic hydroxyl groups excluding tert-OH is 3. The molecule has 0 saturated carbocycles. The Bertz CT molecular complexity index is 840. The predicted octanol–water partition coefficient (Wildman–Crippen LogP) is 13.9. The molecule has 0 rings (SSSR count). The van der Waals surface area contributed by atoms with Crippen molar-refractivity contribution in [3.8, 4) is 0 Å². The molecule has 4 N–H and O–H groups in total. The number of unbranched alkanes of at least 4 members (excludes halogenated alkanes) is 31. The van der Waals surface area contributed by atoms with Crippen LogP contribution in [0.25, 0.3) is 0 Å². The van der Waals surface area contributed by atoms with Gasteiger partial charge in [0.15, 0.2) is 0 Å². The third-order valence-electron chi connectivity index (χ3n) is 11.0. The molecule has 3 atom stereocenters. The van der Waals surface area contributed by atoms with E-state index in [2.05, 4.69) is 43.5 Å². The van der Waals surface area contributed by atoms with Gasteiger partial charge in [0, 0.05) is 0 Å². The number of carbonyl (C=O) groups excluding carboxylic acids is 1. The summed E-state index contributed by atoms with van der Waals surface area (Å²) in [5.41, 5.74) is 0. The van der Waals surface area contributed by atoms with E-state index in [0.29, 0.717) is 6.42 Å². The molecule has 0 aromatic heterocycles. The molecule has 0 saturated heterocycles. The van der Waals surface area contributed by atoms with E-state index < -0.39 is 24.2 Å². The van der Waals surface area contributed by atoms with Crippen LogP contribution in [0.1, 0.15) is 245 Å². The van der Waals surface area contributed by atoms with Crippen molar-refractivity contribution in [2.45, 2.75) is 263 Å². The summed E-state index contributed by atoms with van der Waals surface area (Å²) < 4.78 is 0. The van der Waals surface area contributed by atoms with E-state index in [1.807, 2.05) is 6.08 Å². The Morgan fingerprint density at radius 1 is 0.444 bits per heavy atom. The molecule has 1 amide bonds. The maximum atomic E-state index is 12.5. The summed E-state index contributed by atoms with van der Waals surface area (Å²) in [6.45, 7) is 4.18. The van der Waals surface area contributed by atoms with Gasteiger partial charge >= 0.3 is 0 Å². The molecule has 0 aliphatic rings. The molecule has 0 spiro atoms. The van der Waals surface area contributed by atoms with Gasteiger partial charge in [0.25, 0.3) is 0 Å². The molecule has 0 aliphatic carbocycles. The van der Waals surface area contributed by atoms with Crippen LogP contribution < -0.4 is 5.32 Å². The number of nitrogens with one attached hydrogen (secondary N) is 1. The highest BCUT2D eigenvalue weighted by Crippen LogP contribution is 2.15. The van der Waals surface area contributed by atoms with Crippen LogP contribution in [0.5, 0.6) is 0 Å². The second-order valence-corrected chi connectivity index (χ2v) is 16.3. The number of aliphatic hydroxyl groups is 3. The van der Waals surface area contributed by atoms with Crippen molar-refractivity contribution in [3.63, 3.8) is 0 Å². The van der Waals surface area contributed by atoms with Crippen molar-refractivity contribution in [1.29, 1.82) is 0 Å². The normalized spacial score (nSPS) is 13.8. The van der Waals surface area contributed by atoms with Gasteiger partial charge in [-0.05, 0) is 57.8 Å². The number of amides is 1. The average Bonchev–Trinajstić information content (AvgIpc) is 3.18. The fraction of sp³-hybridized carbons (Fsp3) is 0.857. The SMILES string of the molecule is CCCCCCCCCCCCCC/C=C\CCCCCCCCC(O)C(=O)NC(CO)C(O)/C=C/CC/C=C/CCCCCCCCCCCCCC. The lowest BCUT2D eigenvalue weighted by Crippen LogP contribution is -2.48. The van der Waals surface area contributed by atoms with Crippen LogP contribution >= 0.6 is 0 Å². The van der Waals surface area contributed by atoms with E-state index in [-0.39, 0.29) is 6.61 Å². The fourth-order valence-corrected chi connectivity index (χ4v) is 7.20. The van der Waals surface area contributed by atoms with Gasteiger partial charge in [0.1, 0.15) is 6.10 Å². The summed E-state index contributed by atoms with van der Waals surface area (Å²) in [4.78, 5) is 12.5. The predicted molar refractivity (Wildman–Crippen MR) is 236 cm³/mol. The zero-order valence-corrected chi connectivity index (χ0v) is 36.1. The van der Waals surface area contributed by atoms with Crippen molar-refractivity contribution in [2.75, 3.05) is 6.61 Å². The van der Waals surface area contributed by atoms with Crippen LogP contribution in [-0.2, 0) is 4.79 Å². The van der Waals surface area contributed by atoms with Gasteiger partial charge in [-0.1, -0.05) is 224 Å². The van der Waals surface area contributed by atoms with Crippen molar-refractivity contribution in [2.24, 2.45) is 0 Å². The zero-order chi connectivity index (χ0) is 39.4. The molecular weight excluding hydrogens is 667 g/mol. The third-order valence-corrected chi connectivity index (χ3v) is 11.0. The number of hydrogen-bond acceptors (Lipinski definition) is 4. The van der Waals surface area contributed by atoms with Crippen LogP contribution in [0.15, 0.2) is 36.5 Å². The lowest BCUT2D eigenvalue weighted by Gasteiger charge is -2.21. The molecule has 3 unspecified atom stereocenters. The quantitative estimate of drug-likeness (QED) is 0.0368. The monoisotopic (exact) mass is 760 g/mol. The largest absolute Gasteiger partial charge is 0.394 e. The Hall–Kier alpha value is -1.43. The van der Waals surface area contributed by atoms with Gasteiger partial charge in [-0.25, -0.2) is 0 Å². The Balaban J connectivity index is 3.68. The van der Waals surface area contributed by atoms with Gasteiger partial charge in [-0.3, -0.25) is 4.79 Å². The third kappa shape index (κ3) is 38.8. The first-order valence-corrected chi connectivity index (χ1v) is 23.8. The lowest BCUT2D eigenvalue weighted by atomic mass is 10.0. The molecule has 0 fully saturated rings.